The fourth-order valence-electron chi connectivity index (χ4n) is 2.72. The number of aryl methyl sites for hydroxylation is 1. The molecule has 0 fully saturated rings. The third-order valence-corrected chi connectivity index (χ3v) is 5.55. The molecule has 183 valence electrons. The molecule has 0 heterocycles. The van der Waals surface area contributed by atoms with Crippen molar-refractivity contribution in [3.05, 3.63) is 52.1 Å². The lowest BCUT2D eigenvalue weighted by atomic mass is 10.1. The molecule has 0 unspecified atom stereocenters. The number of hydrogen-bond donors (Lipinski definition) is 5. The highest BCUT2D eigenvalue weighted by molar-refractivity contribution is 7.98. The average molecular weight is 480 g/mol. The van der Waals surface area contributed by atoms with Crippen molar-refractivity contribution in [3.63, 3.8) is 0 Å². The van der Waals surface area contributed by atoms with E-state index < -0.39 is 17.0 Å². The Morgan fingerprint density at radius 3 is 2.58 bits per heavy atom. The van der Waals surface area contributed by atoms with Gasteiger partial charge in [-0.25, -0.2) is 10.1 Å². The van der Waals surface area contributed by atoms with Crippen molar-refractivity contribution in [1.82, 2.24) is 21.4 Å². The van der Waals surface area contributed by atoms with Crippen LogP contribution in [0.4, 0.5) is 0 Å². The molecule has 0 saturated carbocycles. The smallest absolute Gasteiger partial charge is 0.251 e. The van der Waals surface area contributed by atoms with Gasteiger partial charge in [0.05, 0.1) is 0 Å². The first-order valence-electron chi connectivity index (χ1n) is 11.0. The quantitative estimate of drug-likeness (QED) is 0.0853. The van der Waals surface area contributed by atoms with Crippen LogP contribution in [0.1, 0.15) is 50.7 Å². The number of carbonyl (C=O) groups is 2. The van der Waals surface area contributed by atoms with E-state index in [0.717, 1.165) is 5.75 Å². The van der Waals surface area contributed by atoms with Crippen LogP contribution in [-0.2, 0) is 15.3 Å². The predicted molar refractivity (Wildman–Crippen MR) is 131 cm³/mol. The summed E-state index contributed by atoms with van der Waals surface area (Å²) in [6.07, 6.45) is 1.79. The summed E-state index contributed by atoms with van der Waals surface area (Å²) in [6, 6.07) is 7.55. The lowest BCUT2D eigenvalue weighted by Gasteiger charge is -2.19. The van der Waals surface area contributed by atoms with Crippen LogP contribution in [0.25, 0.3) is 0 Å². The number of thioether (sulfide) groups is 1. The van der Waals surface area contributed by atoms with Crippen LogP contribution in [0.15, 0.2) is 24.3 Å². The summed E-state index contributed by atoms with van der Waals surface area (Å²) in [4.78, 5) is 35.3. The molecule has 0 bridgehead atoms. The standard InChI is InChI=1S/C22H35N6O4S/c1-16(2)10-13-24-21(30)19(5-4-12-25-22(23)27-28(31)32)26-20(29)11-14-33-15-18-8-6-17(3)7-9-18/h6-9,13,16,19H,4-5,10-12,14-15H2,1-3H3,(H,24,30)(H,26,29)(H3,23,25,27)/t19-/m0/s1. The van der Waals surface area contributed by atoms with E-state index in [0.29, 0.717) is 37.4 Å². The van der Waals surface area contributed by atoms with Gasteiger partial charge in [-0.3, -0.25) is 15.0 Å². The molecule has 0 aliphatic heterocycles. The number of nitrogens with zero attached hydrogens (tertiary/aromatic N) is 1. The van der Waals surface area contributed by atoms with Crippen LogP contribution >= 0.6 is 11.8 Å². The van der Waals surface area contributed by atoms with Crippen LogP contribution in [0.2, 0.25) is 0 Å². The van der Waals surface area contributed by atoms with Crippen molar-refractivity contribution in [2.24, 2.45) is 5.92 Å². The van der Waals surface area contributed by atoms with Crippen molar-refractivity contribution < 1.29 is 14.6 Å². The van der Waals surface area contributed by atoms with Crippen molar-refractivity contribution in [2.45, 2.75) is 58.2 Å². The first-order chi connectivity index (χ1) is 15.7. The van der Waals surface area contributed by atoms with E-state index >= 15 is 0 Å². The van der Waals surface area contributed by atoms with Crippen LogP contribution in [0.5, 0.6) is 0 Å². The van der Waals surface area contributed by atoms with E-state index in [-0.39, 0.29) is 18.4 Å². The molecule has 11 heteroatoms. The summed E-state index contributed by atoms with van der Waals surface area (Å²) in [5.74, 6) is 0.922. The second-order valence-electron chi connectivity index (χ2n) is 8.06. The highest BCUT2D eigenvalue weighted by Crippen LogP contribution is 2.14. The van der Waals surface area contributed by atoms with E-state index in [1.165, 1.54) is 11.1 Å². The van der Waals surface area contributed by atoms with Crippen molar-refractivity contribution in [1.29, 1.82) is 5.41 Å². The molecule has 2 amide bonds. The maximum Gasteiger partial charge on any atom is 0.251 e. The predicted octanol–water partition coefficient (Wildman–Crippen LogP) is 2.51. The molecule has 1 rings (SSSR count). The van der Waals surface area contributed by atoms with Gasteiger partial charge in [0.25, 0.3) is 5.96 Å². The molecular weight excluding hydrogens is 444 g/mol. The van der Waals surface area contributed by atoms with Crippen molar-refractivity contribution in [3.8, 4) is 0 Å². The van der Waals surface area contributed by atoms with Gasteiger partial charge >= 0.3 is 0 Å². The fraction of sp³-hybridized carbons (Fsp3) is 0.545. The second kappa shape index (κ2) is 15.9. The van der Waals surface area contributed by atoms with Gasteiger partial charge in [-0.15, -0.1) is 0 Å². The number of rotatable bonds is 15. The largest absolute Gasteiger partial charge is 0.352 e. The zero-order valence-electron chi connectivity index (χ0n) is 19.5. The Morgan fingerprint density at radius 1 is 1.24 bits per heavy atom. The minimum Gasteiger partial charge on any atom is -0.352 e. The lowest BCUT2D eigenvalue weighted by molar-refractivity contribution is -0.525. The van der Waals surface area contributed by atoms with Crippen LogP contribution in [0.3, 0.4) is 0 Å². The summed E-state index contributed by atoms with van der Waals surface area (Å²) in [5.41, 5.74) is 4.12. The van der Waals surface area contributed by atoms with Crippen LogP contribution < -0.4 is 21.4 Å². The van der Waals surface area contributed by atoms with Gasteiger partial charge in [0, 0.05) is 31.0 Å². The summed E-state index contributed by atoms with van der Waals surface area (Å²) in [5, 5.41) is 25.0. The average Bonchev–Trinajstić information content (AvgIpc) is 2.73. The first-order valence-corrected chi connectivity index (χ1v) is 12.1. The molecule has 1 aromatic carbocycles. The zero-order valence-corrected chi connectivity index (χ0v) is 20.3. The molecule has 0 spiro atoms. The van der Waals surface area contributed by atoms with E-state index in [4.69, 9.17) is 5.41 Å². The number of carbonyl (C=O) groups excluding carboxylic acids is 2. The monoisotopic (exact) mass is 479 g/mol. The van der Waals surface area contributed by atoms with Gasteiger partial charge in [-0.2, -0.15) is 11.8 Å². The van der Waals surface area contributed by atoms with E-state index in [2.05, 4.69) is 40.2 Å². The molecule has 5 N–H and O–H groups in total. The van der Waals surface area contributed by atoms with E-state index in [1.807, 2.05) is 20.8 Å². The molecule has 1 aromatic rings. The molecule has 0 saturated heterocycles. The van der Waals surface area contributed by atoms with Gasteiger partial charge in [-0.1, -0.05) is 49.1 Å². The Kier molecular flexibility index (Phi) is 13.6. The third kappa shape index (κ3) is 14.0. The SMILES string of the molecule is Cc1ccc(CSCCC(=O)N[C@@H](CCCNC(=N)N[N+](=O)[O-])C(=O)N[CH]CC(C)C)cc1. The third-order valence-electron chi connectivity index (χ3n) is 4.52. The Balaban J connectivity index is 2.45. The van der Waals surface area contributed by atoms with E-state index in [1.54, 1.807) is 23.7 Å². The maximum absolute atomic E-state index is 12.5. The van der Waals surface area contributed by atoms with Gasteiger partial charge in [-0.05, 0) is 37.7 Å². The number of amides is 2. The van der Waals surface area contributed by atoms with Gasteiger partial charge < -0.3 is 16.0 Å². The number of hydrogen-bond acceptors (Lipinski definition) is 6. The number of hydrazine groups is 1. The Labute approximate surface area is 199 Å². The molecule has 0 aromatic heterocycles. The highest BCUT2D eigenvalue weighted by atomic mass is 32.2. The topological polar surface area (TPSA) is 149 Å². The minimum atomic E-state index is -0.826. The Hall–Kier alpha value is -2.82. The van der Waals surface area contributed by atoms with Gasteiger partial charge in [0.2, 0.25) is 11.8 Å². The second-order valence-corrected chi connectivity index (χ2v) is 9.17. The van der Waals surface area contributed by atoms with Crippen molar-refractivity contribution >= 4 is 29.5 Å². The van der Waals surface area contributed by atoms with Gasteiger partial charge in [0.15, 0.2) is 5.03 Å². The van der Waals surface area contributed by atoms with Gasteiger partial charge in [0.1, 0.15) is 6.04 Å². The summed E-state index contributed by atoms with van der Waals surface area (Å²) < 4.78 is 0. The van der Waals surface area contributed by atoms with Crippen LogP contribution in [-0.4, -0.2) is 41.1 Å². The molecular formula is C22H35N6O4S. The zero-order chi connectivity index (χ0) is 24.6. The van der Waals surface area contributed by atoms with Crippen LogP contribution in [0, 0.1) is 34.9 Å². The summed E-state index contributed by atoms with van der Waals surface area (Å²) in [6.45, 7) is 8.06. The number of nitrogens with one attached hydrogen (secondary N) is 5. The maximum atomic E-state index is 12.5. The molecule has 10 nitrogen and oxygen atoms in total. The van der Waals surface area contributed by atoms with Crippen molar-refractivity contribution in [2.75, 3.05) is 12.3 Å². The number of nitro groups is 1. The lowest BCUT2D eigenvalue weighted by Crippen LogP contribution is -2.47. The molecule has 33 heavy (non-hydrogen) atoms. The molecule has 0 aliphatic rings. The molecule has 1 radical (unpaired) electrons. The Morgan fingerprint density at radius 2 is 1.94 bits per heavy atom. The number of benzene rings is 1. The molecule has 0 aliphatic carbocycles. The minimum absolute atomic E-state index is 0.203. The highest BCUT2D eigenvalue weighted by Gasteiger charge is 2.20. The van der Waals surface area contributed by atoms with E-state index in [9.17, 15) is 19.7 Å². The normalized spacial score (nSPS) is 11.5. The Bertz CT molecular complexity index is 773. The first kappa shape index (κ1) is 28.2. The number of guanidine groups is 1. The molecule has 1 atom stereocenters. The fourth-order valence-corrected chi connectivity index (χ4v) is 3.62. The summed E-state index contributed by atoms with van der Waals surface area (Å²) >= 11 is 1.66. The summed E-state index contributed by atoms with van der Waals surface area (Å²) in [7, 11) is 0.